The molecule has 1 saturated carbocycles. The number of hydrogen-bond acceptors (Lipinski definition) is 4. The molecule has 1 aliphatic rings. The maximum Gasteiger partial charge on any atom is 0.257 e. The summed E-state index contributed by atoms with van der Waals surface area (Å²) >= 11 is 0. The first-order valence-electron chi connectivity index (χ1n) is 6.76. The van der Waals surface area contributed by atoms with Gasteiger partial charge in [-0.1, -0.05) is 12.8 Å². The third-order valence-electron chi connectivity index (χ3n) is 3.75. The Labute approximate surface area is 113 Å². The number of aromatic nitrogens is 1. The fraction of sp³-hybridized carbons (Fsp3) is 0.571. The van der Waals surface area contributed by atoms with Gasteiger partial charge in [0, 0.05) is 18.8 Å². The molecule has 1 aromatic rings. The lowest BCUT2D eigenvalue weighted by molar-refractivity contribution is 0.0920. The number of nitrogens with two attached hydrogens (primary N) is 1. The van der Waals surface area contributed by atoms with E-state index in [0.717, 1.165) is 12.8 Å². The second-order valence-corrected chi connectivity index (χ2v) is 4.92. The van der Waals surface area contributed by atoms with Crippen LogP contribution in [0.15, 0.2) is 18.3 Å². The average Bonchev–Trinajstić information content (AvgIpc) is 2.98. The molecule has 1 aliphatic carbocycles. The van der Waals surface area contributed by atoms with Crippen LogP contribution in [0.3, 0.4) is 0 Å². The van der Waals surface area contributed by atoms with Gasteiger partial charge in [-0.15, -0.1) is 0 Å². The molecule has 1 atom stereocenters. The molecular weight excluding hydrogens is 242 g/mol. The van der Waals surface area contributed by atoms with Crippen molar-refractivity contribution in [3.63, 3.8) is 0 Å². The molecule has 1 fully saturated rings. The summed E-state index contributed by atoms with van der Waals surface area (Å²) in [6, 6.07) is 3.48. The van der Waals surface area contributed by atoms with E-state index in [4.69, 9.17) is 10.5 Å². The number of pyridine rings is 1. The number of carbonyl (C=O) groups is 1. The van der Waals surface area contributed by atoms with E-state index in [9.17, 15) is 4.79 Å². The molecule has 1 heterocycles. The maximum absolute atomic E-state index is 12.3. The number of ether oxygens (including phenoxy) is 1. The molecular formula is C14H21N3O2. The summed E-state index contributed by atoms with van der Waals surface area (Å²) in [6.45, 7) is 0.471. The zero-order valence-corrected chi connectivity index (χ0v) is 11.3. The molecule has 0 bridgehead atoms. The van der Waals surface area contributed by atoms with E-state index in [1.165, 1.54) is 20.0 Å². The van der Waals surface area contributed by atoms with Crippen LogP contribution in [0.2, 0.25) is 0 Å². The fourth-order valence-electron chi connectivity index (χ4n) is 2.70. The van der Waals surface area contributed by atoms with Gasteiger partial charge in [-0.2, -0.15) is 0 Å². The summed E-state index contributed by atoms with van der Waals surface area (Å²) in [5, 5.41) is 3.02. The quantitative estimate of drug-likeness (QED) is 0.840. The average molecular weight is 263 g/mol. The molecule has 5 heteroatoms. The molecule has 0 spiro atoms. The van der Waals surface area contributed by atoms with Gasteiger partial charge in [-0.3, -0.25) is 4.79 Å². The molecule has 1 unspecified atom stereocenters. The molecule has 0 aliphatic heterocycles. The molecule has 1 aromatic heterocycles. The molecule has 2 rings (SSSR count). The van der Waals surface area contributed by atoms with Crippen LogP contribution in [0, 0.1) is 5.92 Å². The fourth-order valence-corrected chi connectivity index (χ4v) is 2.70. The summed E-state index contributed by atoms with van der Waals surface area (Å²) in [7, 11) is 1.51. The van der Waals surface area contributed by atoms with Crippen molar-refractivity contribution in [3.05, 3.63) is 23.9 Å². The predicted octanol–water partition coefficient (Wildman–Crippen LogP) is 1.34. The minimum atomic E-state index is -0.160. The van der Waals surface area contributed by atoms with Gasteiger partial charge < -0.3 is 15.8 Å². The van der Waals surface area contributed by atoms with Gasteiger partial charge in [0.2, 0.25) is 5.88 Å². The van der Waals surface area contributed by atoms with Gasteiger partial charge >= 0.3 is 0 Å². The zero-order chi connectivity index (χ0) is 13.7. The number of carbonyl (C=O) groups excluding carboxylic acids is 1. The molecule has 0 radical (unpaired) electrons. The Morgan fingerprint density at radius 3 is 2.95 bits per heavy atom. The van der Waals surface area contributed by atoms with Crippen LogP contribution in [0.5, 0.6) is 5.88 Å². The number of nitrogens with one attached hydrogen (secondary N) is 1. The van der Waals surface area contributed by atoms with Gasteiger partial charge in [0.15, 0.2) is 0 Å². The number of rotatable bonds is 5. The molecule has 0 saturated heterocycles. The van der Waals surface area contributed by atoms with Gasteiger partial charge in [0.05, 0.1) is 7.11 Å². The summed E-state index contributed by atoms with van der Waals surface area (Å²) in [4.78, 5) is 16.3. The van der Waals surface area contributed by atoms with Gasteiger partial charge in [-0.25, -0.2) is 4.98 Å². The van der Waals surface area contributed by atoms with Crippen LogP contribution in [0.1, 0.15) is 36.0 Å². The third kappa shape index (κ3) is 3.23. The van der Waals surface area contributed by atoms with Crippen LogP contribution >= 0.6 is 0 Å². The number of hydrogen-bond donors (Lipinski definition) is 2. The van der Waals surface area contributed by atoms with Crippen molar-refractivity contribution in [1.82, 2.24) is 10.3 Å². The zero-order valence-electron chi connectivity index (χ0n) is 11.3. The second kappa shape index (κ2) is 6.52. The van der Waals surface area contributed by atoms with Crippen molar-refractivity contribution in [2.75, 3.05) is 13.7 Å². The van der Waals surface area contributed by atoms with Gasteiger partial charge in [0.25, 0.3) is 5.91 Å². The molecule has 3 N–H and O–H groups in total. The highest BCUT2D eigenvalue weighted by atomic mass is 16.5. The summed E-state index contributed by atoms with van der Waals surface area (Å²) in [5.41, 5.74) is 6.25. The first-order chi connectivity index (χ1) is 9.26. The van der Waals surface area contributed by atoms with E-state index >= 15 is 0 Å². The monoisotopic (exact) mass is 263 g/mol. The highest BCUT2D eigenvalue weighted by Crippen LogP contribution is 2.27. The van der Waals surface area contributed by atoms with Crippen LogP contribution in [-0.2, 0) is 0 Å². The van der Waals surface area contributed by atoms with Crippen molar-refractivity contribution in [3.8, 4) is 5.88 Å². The number of amides is 1. The van der Waals surface area contributed by atoms with E-state index in [0.29, 0.717) is 23.9 Å². The van der Waals surface area contributed by atoms with E-state index in [-0.39, 0.29) is 11.9 Å². The molecule has 1 amide bonds. The lowest BCUT2D eigenvalue weighted by atomic mass is 9.98. The SMILES string of the molecule is COc1ncccc1C(=O)NC(CN)C1CCCC1. The predicted molar refractivity (Wildman–Crippen MR) is 73.1 cm³/mol. The Kier molecular flexibility index (Phi) is 4.74. The highest BCUT2D eigenvalue weighted by molar-refractivity contribution is 5.96. The van der Waals surface area contributed by atoms with Crippen molar-refractivity contribution < 1.29 is 9.53 Å². The minimum absolute atomic E-state index is 0.0416. The van der Waals surface area contributed by atoms with Crippen molar-refractivity contribution in [2.24, 2.45) is 11.7 Å². The molecule has 5 nitrogen and oxygen atoms in total. The summed E-state index contributed by atoms with van der Waals surface area (Å²) in [5.74, 6) is 0.686. The topological polar surface area (TPSA) is 77.2 Å². The largest absolute Gasteiger partial charge is 0.480 e. The third-order valence-corrected chi connectivity index (χ3v) is 3.75. The summed E-state index contributed by atoms with van der Waals surface area (Å²) < 4.78 is 5.10. The van der Waals surface area contributed by atoms with Crippen LogP contribution in [-0.4, -0.2) is 30.6 Å². The van der Waals surface area contributed by atoms with Crippen LogP contribution in [0.25, 0.3) is 0 Å². The Morgan fingerprint density at radius 2 is 2.32 bits per heavy atom. The summed E-state index contributed by atoms with van der Waals surface area (Å²) in [6.07, 6.45) is 6.35. The van der Waals surface area contributed by atoms with Gasteiger partial charge in [0.1, 0.15) is 5.56 Å². The van der Waals surface area contributed by atoms with E-state index in [1.54, 1.807) is 18.3 Å². The lowest BCUT2D eigenvalue weighted by Crippen LogP contribution is -2.44. The second-order valence-electron chi connectivity index (χ2n) is 4.92. The minimum Gasteiger partial charge on any atom is -0.480 e. The normalized spacial score (nSPS) is 17.2. The Bertz CT molecular complexity index is 430. The van der Waals surface area contributed by atoms with Gasteiger partial charge in [-0.05, 0) is 30.9 Å². The molecule has 104 valence electrons. The van der Waals surface area contributed by atoms with Crippen LogP contribution < -0.4 is 15.8 Å². The first kappa shape index (κ1) is 13.8. The van der Waals surface area contributed by atoms with Crippen molar-refractivity contribution in [1.29, 1.82) is 0 Å². The van der Waals surface area contributed by atoms with Crippen molar-refractivity contribution in [2.45, 2.75) is 31.7 Å². The Morgan fingerprint density at radius 1 is 1.58 bits per heavy atom. The Hall–Kier alpha value is -1.62. The highest BCUT2D eigenvalue weighted by Gasteiger charge is 2.26. The maximum atomic E-state index is 12.3. The lowest BCUT2D eigenvalue weighted by Gasteiger charge is -2.23. The number of methoxy groups -OCH3 is 1. The smallest absolute Gasteiger partial charge is 0.257 e. The van der Waals surface area contributed by atoms with Crippen molar-refractivity contribution >= 4 is 5.91 Å². The molecule has 19 heavy (non-hydrogen) atoms. The van der Waals surface area contributed by atoms with Crippen LogP contribution in [0.4, 0.5) is 0 Å². The van der Waals surface area contributed by atoms with E-state index in [2.05, 4.69) is 10.3 Å². The standard InChI is InChI=1S/C14H21N3O2/c1-19-14-11(7-4-8-16-14)13(18)17-12(9-15)10-5-2-3-6-10/h4,7-8,10,12H,2-3,5-6,9,15H2,1H3,(H,17,18). The molecule has 0 aromatic carbocycles. The van der Waals surface area contributed by atoms with E-state index in [1.807, 2.05) is 0 Å². The number of nitrogens with zero attached hydrogens (tertiary/aromatic N) is 1. The Balaban J connectivity index is 2.06. The van der Waals surface area contributed by atoms with E-state index < -0.39 is 0 Å². The first-order valence-corrected chi connectivity index (χ1v) is 6.76.